The van der Waals surface area contributed by atoms with Crippen molar-refractivity contribution in [3.8, 4) is 0 Å². The molecule has 0 aliphatic rings. The van der Waals surface area contributed by atoms with Crippen molar-refractivity contribution in [3.05, 3.63) is 81.9 Å². The third kappa shape index (κ3) is 5.17. The van der Waals surface area contributed by atoms with Crippen molar-refractivity contribution < 1.29 is 9.18 Å². The average molecular weight is 422 g/mol. The van der Waals surface area contributed by atoms with Crippen LogP contribution < -0.4 is 10.6 Å². The molecule has 3 rings (SSSR count). The maximum Gasteiger partial charge on any atom is 0.258 e. The number of carbonyl (C=O) groups excluding carboxylic acids is 1. The lowest BCUT2D eigenvalue weighted by Gasteiger charge is -2.15. The van der Waals surface area contributed by atoms with Gasteiger partial charge in [0.25, 0.3) is 5.91 Å². The molecule has 2 aromatic carbocycles. The molecule has 6 nitrogen and oxygen atoms in total. The van der Waals surface area contributed by atoms with Gasteiger partial charge in [0.2, 0.25) is 5.96 Å². The molecule has 0 aliphatic heterocycles. The van der Waals surface area contributed by atoms with Crippen LogP contribution in [-0.2, 0) is 13.1 Å². The van der Waals surface area contributed by atoms with Crippen LogP contribution in [0.1, 0.15) is 45.4 Å². The van der Waals surface area contributed by atoms with Gasteiger partial charge in [-0.1, -0.05) is 18.2 Å². The van der Waals surface area contributed by atoms with Gasteiger partial charge >= 0.3 is 0 Å². The summed E-state index contributed by atoms with van der Waals surface area (Å²) in [5, 5.41) is 10.6. The zero-order chi connectivity index (χ0) is 22.5. The Kier molecular flexibility index (Phi) is 6.84. The zero-order valence-electron chi connectivity index (χ0n) is 18.6. The summed E-state index contributed by atoms with van der Waals surface area (Å²) in [6, 6.07) is 11.5. The number of carbonyl (C=O) groups is 1. The van der Waals surface area contributed by atoms with Gasteiger partial charge < -0.3 is 5.32 Å². The van der Waals surface area contributed by atoms with E-state index < -0.39 is 11.7 Å². The number of aromatic nitrogens is 2. The number of nitrogens with zero attached hydrogens (tertiary/aromatic N) is 3. The lowest BCUT2D eigenvalue weighted by molar-refractivity contribution is 0.0976. The van der Waals surface area contributed by atoms with Gasteiger partial charge in [-0.3, -0.25) is 14.8 Å². The van der Waals surface area contributed by atoms with E-state index in [4.69, 9.17) is 0 Å². The third-order valence-corrected chi connectivity index (χ3v) is 5.40. The van der Waals surface area contributed by atoms with E-state index in [0.717, 1.165) is 40.3 Å². The van der Waals surface area contributed by atoms with Crippen LogP contribution in [0.5, 0.6) is 0 Å². The highest BCUT2D eigenvalue weighted by atomic mass is 19.1. The summed E-state index contributed by atoms with van der Waals surface area (Å²) >= 11 is 0. The van der Waals surface area contributed by atoms with Crippen LogP contribution in [0.2, 0.25) is 0 Å². The summed E-state index contributed by atoms with van der Waals surface area (Å²) in [5.74, 6) is -0.605. The molecule has 1 heterocycles. The van der Waals surface area contributed by atoms with Crippen LogP contribution in [0, 0.1) is 33.5 Å². The summed E-state index contributed by atoms with van der Waals surface area (Å²) in [6.45, 7) is 11.2. The fourth-order valence-corrected chi connectivity index (χ4v) is 3.36. The molecule has 0 saturated heterocycles. The third-order valence-electron chi connectivity index (χ3n) is 5.40. The molecule has 0 aliphatic carbocycles. The second-order valence-electron chi connectivity index (χ2n) is 7.47. The molecule has 1 amide bonds. The Labute approximate surface area is 182 Å². The number of hydrogen-bond donors (Lipinski definition) is 2. The van der Waals surface area contributed by atoms with Crippen molar-refractivity contribution in [1.29, 1.82) is 0 Å². The van der Waals surface area contributed by atoms with E-state index in [0.29, 0.717) is 12.5 Å². The van der Waals surface area contributed by atoms with Gasteiger partial charge in [-0.05, 0) is 70.0 Å². The smallest absolute Gasteiger partial charge is 0.258 e. The Bertz CT molecular complexity index is 1130. The normalized spacial score (nSPS) is 11.5. The second kappa shape index (κ2) is 9.55. The summed E-state index contributed by atoms with van der Waals surface area (Å²) in [5.41, 5.74) is 6.22. The number of rotatable bonds is 5. The van der Waals surface area contributed by atoms with Crippen molar-refractivity contribution in [2.45, 2.75) is 47.7 Å². The van der Waals surface area contributed by atoms with Gasteiger partial charge in [-0.25, -0.2) is 9.38 Å². The fourth-order valence-electron chi connectivity index (χ4n) is 3.36. The number of anilines is 1. The van der Waals surface area contributed by atoms with Gasteiger partial charge in [-0.2, -0.15) is 5.10 Å². The number of aryl methyl sites for hydroxylation is 3. The predicted molar refractivity (Wildman–Crippen MR) is 122 cm³/mol. The van der Waals surface area contributed by atoms with Crippen molar-refractivity contribution in [2.24, 2.45) is 4.99 Å². The minimum Gasteiger partial charge on any atom is -0.326 e. The summed E-state index contributed by atoms with van der Waals surface area (Å²) in [7, 11) is 0. The predicted octanol–water partition coefficient (Wildman–Crippen LogP) is 4.67. The van der Waals surface area contributed by atoms with Crippen molar-refractivity contribution in [2.75, 3.05) is 5.32 Å². The van der Waals surface area contributed by atoms with E-state index in [-0.39, 0.29) is 5.56 Å². The first-order chi connectivity index (χ1) is 14.8. The van der Waals surface area contributed by atoms with Crippen LogP contribution in [0.4, 0.5) is 10.1 Å². The molecule has 7 heteroatoms. The number of nitrogens with one attached hydrogen (secondary N) is 2. The Morgan fingerprint density at radius 1 is 1.13 bits per heavy atom. The largest absolute Gasteiger partial charge is 0.326 e. The number of benzene rings is 2. The van der Waals surface area contributed by atoms with Crippen LogP contribution in [0.25, 0.3) is 0 Å². The number of aliphatic imine (C=N–C) groups is 1. The first-order valence-corrected chi connectivity index (χ1v) is 10.3. The van der Waals surface area contributed by atoms with Gasteiger partial charge in [0.05, 0.1) is 12.2 Å². The molecule has 0 spiro atoms. The SMILES string of the molecule is CCn1nc(C)c(CN=C(NC(=O)c2cccc(F)c2)Nc2cccc(C)c2C)c1C. The van der Waals surface area contributed by atoms with Gasteiger partial charge in [0.15, 0.2) is 0 Å². The minimum atomic E-state index is -0.466. The highest BCUT2D eigenvalue weighted by Crippen LogP contribution is 2.19. The number of hydrogen-bond acceptors (Lipinski definition) is 3. The topological polar surface area (TPSA) is 71.3 Å². The van der Waals surface area contributed by atoms with Crippen LogP contribution >= 0.6 is 0 Å². The average Bonchev–Trinajstić information content (AvgIpc) is 3.02. The molecule has 0 atom stereocenters. The van der Waals surface area contributed by atoms with E-state index in [1.165, 1.54) is 18.2 Å². The maximum absolute atomic E-state index is 13.6. The monoisotopic (exact) mass is 421 g/mol. The van der Waals surface area contributed by atoms with E-state index in [9.17, 15) is 9.18 Å². The molecule has 0 fully saturated rings. The quantitative estimate of drug-likeness (QED) is 0.464. The Morgan fingerprint density at radius 3 is 2.55 bits per heavy atom. The van der Waals surface area contributed by atoms with E-state index in [1.807, 2.05) is 57.5 Å². The minimum absolute atomic E-state index is 0.224. The molecule has 31 heavy (non-hydrogen) atoms. The molecule has 0 radical (unpaired) electrons. The highest BCUT2D eigenvalue weighted by molar-refractivity contribution is 6.10. The standard InChI is InChI=1S/C24H28FN5O/c1-6-30-18(5)21(17(4)29-30)14-26-24(27-22-12-7-9-15(2)16(22)3)28-23(31)19-10-8-11-20(25)13-19/h7-13H,6,14H2,1-5H3,(H2,26,27,28,31). The molecular weight excluding hydrogens is 393 g/mol. The lowest BCUT2D eigenvalue weighted by Crippen LogP contribution is -2.36. The number of guanidine groups is 1. The van der Waals surface area contributed by atoms with Gasteiger partial charge in [0, 0.05) is 29.1 Å². The van der Waals surface area contributed by atoms with E-state index in [2.05, 4.69) is 20.7 Å². The van der Waals surface area contributed by atoms with Crippen molar-refractivity contribution >= 4 is 17.6 Å². The Balaban J connectivity index is 1.91. The van der Waals surface area contributed by atoms with Crippen molar-refractivity contribution in [3.63, 3.8) is 0 Å². The van der Waals surface area contributed by atoms with Crippen LogP contribution in [-0.4, -0.2) is 21.6 Å². The Hall–Kier alpha value is -3.48. The molecule has 0 unspecified atom stereocenters. The lowest BCUT2D eigenvalue weighted by atomic mass is 10.1. The summed E-state index contributed by atoms with van der Waals surface area (Å²) in [6.07, 6.45) is 0. The zero-order valence-corrected chi connectivity index (χ0v) is 18.6. The second-order valence-corrected chi connectivity index (χ2v) is 7.47. The number of amides is 1. The fraction of sp³-hybridized carbons (Fsp3) is 0.292. The maximum atomic E-state index is 13.6. The highest BCUT2D eigenvalue weighted by Gasteiger charge is 2.14. The number of halogens is 1. The van der Waals surface area contributed by atoms with Crippen molar-refractivity contribution in [1.82, 2.24) is 15.1 Å². The molecule has 162 valence electrons. The molecule has 3 aromatic rings. The molecule has 1 aromatic heterocycles. The van der Waals surface area contributed by atoms with Gasteiger partial charge in [0.1, 0.15) is 5.82 Å². The Morgan fingerprint density at radius 2 is 1.87 bits per heavy atom. The summed E-state index contributed by atoms with van der Waals surface area (Å²) < 4.78 is 15.5. The molecule has 0 bridgehead atoms. The molecule has 0 saturated carbocycles. The molecular formula is C24H28FN5O. The van der Waals surface area contributed by atoms with Crippen LogP contribution in [0.3, 0.4) is 0 Å². The van der Waals surface area contributed by atoms with Crippen LogP contribution in [0.15, 0.2) is 47.5 Å². The first kappa shape index (κ1) is 22.2. The van der Waals surface area contributed by atoms with Gasteiger partial charge in [-0.15, -0.1) is 0 Å². The first-order valence-electron chi connectivity index (χ1n) is 10.3. The van der Waals surface area contributed by atoms with E-state index >= 15 is 0 Å². The summed E-state index contributed by atoms with van der Waals surface area (Å²) in [4.78, 5) is 17.4. The van der Waals surface area contributed by atoms with E-state index in [1.54, 1.807) is 6.07 Å². The molecule has 2 N–H and O–H groups in total.